The van der Waals surface area contributed by atoms with Crippen molar-refractivity contribution in [2.75, 3.05) is 0 Å². The van der Waals surface area contributed by atoms with Gasteiger partial charge in [-0.15, -0.1) is 0 Å². The Balaban J connectivity index is 1.80. The van der Waals surface area contributed by atoms with Crippen LogP contribution < -0.4 is 5.32 Å². The molecule has 0 saturated heterocycles. The first-order chi connectivity index (χ1) is 13.3. The minimum absolute atomic E-state index is 0.0525. The molecule has 9 heteroatoms. The average molecular weight is 393 g/mol. The minimum Gasteiger partial charge on any atom is -0.461 e. The van der Waals surface area contributed by atoms with E-state index in [1.165, 1.54) is 6.26 Å². The highest BCUT2D eigenvalue weighted by atomic mass is 19.4. The van der Waals surface area contributed by atoms with Gasteiger partial charge in [0.1, 0.15) is 6.04 Å². The molecule has 0 aliphatic carbocycles. The summed E-state index contributed by atoms with van der Waals surface area (Å²) < 4.78 is 48.6. The van der Waals surface area contributed by atoms with Crippen LogP contribution in [-0.4, -0.2) is 16.0 Å². The highest BCUT2D eigenvalue weighted by Gasteiger charge is 2.31. The Bertz CT molecular complexity index is 918. The fourth-order valence-corrected chi connectivity index (χ4v) is 2.59. The monoisotopic (exact) mass is 393 g/mol. The van der Waals surface area contributed by atoms with Crippen molar-refractivity contribution in [1.82, 2.24) is 15.5 Å². The van der Waals surface area contributed by atoms with Crippen molar-refractivity contribution in [2.24, 2.45) is 5.92 Å². The van der Waals surface area contributed by atoms with Gasteiger partial charge in [0.25, 0.3) is 5.91 Å². The Morgan fingerprint density at radius 2 is 1.93 bits per heavy atom. The summed E-state index contributed by atoms with van der Waals surface area (Å²) in [7, 11) is 0. The molecule has 0 radical (unpaired) electrons. The van der Waals surface area contributed by atoms with Crippen molar-refractivity contribution in [3.63, 3.8) is 0 Å². The molecule has 0 saturated carbocycles. The molecule has 0 aliphatic rings. The van der Waals surface area contributed by atoms with E-state index in [0.29, 0.717) is 12.2 Å². The topological polar surface area (TPSA) is 81.2 Å². The van der Waals surface area contributed by atoms with E-state index in [1.807, 2.05) is 13.8 Å². The normalized spacial score (nSPS) is 13.9. The molecule has 0 aliphatic heterocycles. The zero-order valence-electron chi connectivity index (χ0n) is 15.2. The fraction of sp³-hybridized carbons (Fsp3) is 0.316. The van der Waals surface area contributed by atoms with E-state index in [2.05, 4.69) is 15.5 Å². The van der Waals surface area contributed by atoms with Gasteiger partial charge < -0.3 is 14.3 Å². The SMILES string of the molecule is CC[C@@H](C)[C@@H](NC(=O)c1ccc(C(F)(F)F)cc1)c1nc(-c2ccco2)no1. The predicted octanol–water partition coefficient (Wildman–Crippen LogP) is 4.87. The summed E-state index contributed by atoms with van der Waals surface area (Å²) in [6, 6.07) is 6.76. The van der Waals surface area contributed by atoms with E-state index in [1.54, 1.807) is 12.1 Å². The van der Waals surface area contributed by atoms with Gasteiger partial charge in [0.2, 0.25) is 11.7 Å². The summed E-state index contributed by atoms with van der Waals surface area (Å²) in [5.41, 5.74) is -0.713. The van der Waals surface area contributed by atoms with Crippen LogP contribution in [0.3, 0.4) is 0 Å². The number of amides is 1. The molecule has 2 heterocycles. The molecular formula is C19H18F3N3O3. The Morgan fingerprint density at radius 1 is 1.21 bits per heavy atom. The molecule has 3 aromatic rings. The number of halogens is 3. The van der Waals surface area contributed by atoms with Crippen molar-refractivity contribution in [3.8, 4) is 11.6 Å². The molecule has 28 heavy (non-hydrogen) atoms. The highest BCUT2D eigenvalue weighted by Crippen LogP contribution is 2.30. The second-order valence-electron chi connectivity index (χ2n) is 6.35. The average Bonchev–Trinajstić information content (AvgIpc) is 3.36. The van der Waals surface area contributed by atoms with Crippen molar-refractivity contribution in [3.05, 3.63) is 59.7 Å². The third-order valence-electron chi connectivity index (χ3n) is 4.42. The fourth-order valence-electron chi connectivity index (χ4n) is 2.59. The van der Waals surface area contributed by atoms with Gasteiger partial charge in [-0.3, -0.25) is 4.79 Å². The van der Waals surface area contributed by atoms with Crippen LogP contribution in [0.25, 0.3) is 11.6 Å². The number of nitrogens with zero attached hydrogens (tertiary/aromatic N) is 2. The van der Waals surface area contributed by atoms with E-state index < -0.39 is 23.7 Å². The molecule has 0 bridgehead atoms. The van der Waals surface area contributed by atoms with Crippen molar-refractivity contribution < 1.29 is 26.9 Å². The van der Waals surface area contributed by atoms with Gasteiger partial charge in [-0.25, -0.2) is 0 Å². The van der Waals surface area contributed by atoms with Crippen LogP contribution >= 0.6 is 0 Å². The number of nitrogens with one attached hydrogen (secondary N) is 1. The van der Waals surface area contributed by atoms with Gasteiger partial charge in [0.15, 0.2) is 5.76 Å². The lowest BCUT2D eigenvalue weighted by Gasteiger charge is -2.20. The number of aromatic nitrogens is 2. The first-order valence-electron chi connectivity index (χ1n) is 8.65. The number of carbonyl (C=O) groups is 1. The van der Waals surface area contributed by atoms with Crippen LogP contribution in [0.5, 0.6) is 0 Å². The van der Waals surface area contributed by atoms with Crippen molar-refractivity contribution >= 4 is 5.91 Å². The van der Waals surface area contributed by atoms with Crippen LogP contribution in [-0.2, 0) is 6.18 Å². The number of hydrogen-bond acceptors (Lipinski definition) is 5. The largest absolute Gasteiger partial charge is 0.461 e. The zero-order valence-corrected chi connectivity index (χ0v) is 15.2. The smallest absolute Gasteiger partial charge is 0.416 e. The molecule has 1 aromatic carbocycles. The Labute approximate surface area is 158 Å². The maximum Gasteiger partial charge on any atom is 0.416 e. The van der Waals surface area contributed by atoms with Gasteiger partial charge in [-0.2, -0.15) is 18.2 Å². The van der Waals surface area contributed by atoms with Crippen LogP contribution in [0, 0.1) is 5.92 Å². The maximum atomic E-state index is 12.7. The first-order valence-corrected chi connectivity index (χ1v) is 8.65. The molecule has 1 N–H and O–H groups in total. The van der Waals surface area contributed by atoms with E-state index in [0.717, 1.165) is 24.3 Å². The minimum atomic E-state index is -4.46. The van der Waals surface area contributed by atoms with E-state index in [-0.39, 0.29) is 23.2 Å². The van der Waals surface area contributed by atoms with E-state index in [4.69, 9.17) is 8.94 Å². The Hall–Kier alpha value is -3.10. The number of benzene rings is 1. The molecule has 0 spiro atoms. The van der Waals surface area contributed by atoms with Crippen LogP contribution in [0.2, 0.25) is 0 Å². The second kappa shape index (κ2) is 7.87. The number of furan rings is 1. The van der Waals surface area contributed by atoms with E-state index >= 15 is 0 Å². The molecule has 2 aromatic heterocycles. The van der Waals surface area contributed by atoms with Crippen LogP contribution in [0.15, 0.2) is 51.6 Å². The lowest BCUT2D eigenvalue weighted by molar-refractivity contribution is -0.137. The summed E-state index contributed by atoms with van der Waals surface area (Å²) in [5.74, 6) is 0.283. The molecule has 148 valence electrons. The summed E-state index contributed by atoms with van der Waals surface area (Å²) in [5, 5.41) is 6.63. The van der Waals surface area contributed by atoms with Crippen LogP contribution in [0.4, 0.5) is 13.2 Å². The molecule has 0 fully saturated rings. The number of carbonyl (C=O) groups excluding carboxylic acids is 1. The van der Waals surface area contributed by atoms with Gasteiger partial charge in [0, 0.05) is 5.56 Å². The van der Waals surface area contributed by atoms with Crippen molar-refractivity contribution in [1.29, 1.82) is 0 Å². The van der Waals surface area contributed by atoms with Gasteiger partial charge in [-0.05, 0) is 42.3 Å². The van der Waals surface area contributed by atoms with Gasteiger partial charge in [0.05, 0.1) is 11.8 Å². The zero-order chi connectivity index (χ0) is 20.3. The summed E-state index contributed by atoms with van der Waals surface area (Å²) in [6.45, 7) is 3.83. The standard InChI is InChI=1S/C19H18F3N3O3/c1-3-11(2)15(18-24-16(25-28-18)14-5-4-10-27-14)23-17(26)12-6-8-13(9-7-12)19(20,21)22/h4-11,15H,3H2,1-2H3,(H,23,26)/t11-,15-/m1/s1. The summed E-state index contributed by atoms with van der Waals surface area (Å²) >= 11 is 0. The molecule has 2 atom stereocenters. The number of alkyl halides is 3. The highest BCUT2D eigenvalue weighted by molar-refractivity contribution is 5.94. The summed E-state index contributed by atoms with van der Waals surface area (Å²) in [6.07, 6.45) is -2.28. The number of rotatable bonds is 6. The molecule has 3 rings (SSSR count). The summed E-state index contributed by atoms with van der Waals surface area (Å²) in [4.78, 5) is 16.8. The predicted molar refractivity (Wildman–Crippen MR) is 93.1 cm³/mol. The van der Waals surface area contributed by atoms with Gasteiger partial charge in [-0.1, -0.05) is 25.4 Å². The molecule has 0 unspecified atom stereocenters. The lowest BCUT2D eigenvalue weighted by atomic mass is 9.98. The van der Waals surface area contributed by atoms with Crippen molar-refractivity contribution in [2.45, 2.75) is 32.5 Å². The second-order valence-corrected chi connectivity index (χ2v) is 6.35. The first kappa shape index (κ1) is 19.7. The van der Waals surface area contributed by atoms with Crippen LogP contribution in [0.1, 0.15) is 48.1 Å². The Morgan fingerprint density at radius 3 is 2.50 bits per heavy atom. The lowest BCUT2D eigenvalue weighted by Crippen LogP contribution is -2.32. The maximum absolute atomic E-state index is 12.7. The third-order valence-corrected chi connectivity index (χ3v) is 4.42. The molecule has 6 nitrogen and oxygen atoms in total. The third kappa shape index (κ3) is 4.24. The molecule has 1 amide bonds. The Kier molecular flexibility index (Phi) is 5.53. The number of hydrogen-bond donors (Lipinski definition) is 1. The molecular weight excluding hydrogens is 375 g/mol. The van der Waals surface area contributed by atoms with Gasteiger partial charge >= 0.3 is 6.18 Å². The van der Waals surface area contributed by atoms with E-state index in [9.17, 15) is 18.0 Å². The quantitative estimate of drug-likeness (QED) is 0.646.